The zero-order valence-electron chi connectivity index (χ0n) is 14.9. The van der Waals surface area contributed by atoms with E-state index in [2.05, 4.69) is 9.97 Å². The minimum Gasteiger partial charge on any atom is -0.437 e. The monoisotopic (exact) mass is 360 g/mol. The number of rotatable bonds is 8. The van der Waals surface area contributed by atoms with Crippen LogP contribution in [0, 0.1) is 5.92 Å². The van der Waals surface area contributed by atoms with Gasteiger partial charge in [-0.25, -0.2) is 10.0 Å². The second-order valence-corrected chi connectivity index (χ2v) is 6.63. The van der Waals surface area contributed by atoms with Gasteiger partial charge in [0.2, 0.25) is 18.2 Å². The highest BCUT2D eigenvalue weighted by Gasteiger charge is 2.37. The molecule has 140 valence electrons. The molecule has 1 fully saturated rings. The maximum Gasteiger partial charge on any atom is 0.233 e. The van der Waals surface area contributed by atoms with Gasteiger partial charge < -0.3 is 9.32 Å². The third-order valence-electron chi connectivity index (χ3n) is 4.79. The molecule has 2 unspecified atom stereocenters. The SMILES string of the molecule is CCCCC(CN(O)C=O)C(=O)N1CCCC1c1nc2ncccc2o1. The Morgan fingerprint density at radius 1 is 1.58 bits per heavy atom. The lowest BCUT2D eigenvalue weighted by Crippen LogP contribution is -2.40. The molecule has 26 heavy (non-hydrogen) atoms. The first-order valence-electron chi connectivity index (χ1n) is 9.06. The standard InChI is InChI=1S/C18H24N4O4/c1-2-3-6-13(11-21(25)12-23)18(24)22-10-5-7-14(22)17-20-16-15(26-17)8-4-9-19-16/h4,8-9,12-14,25H,2-3,5-7,10-11H2,1H3. The second kappa shape index (κ2) is 8.27. The lowest BCUT2D eigenvalue weighted by atomic mass is 9.99. The summed E-state index contributed by atoms with van der Waals surface area (Å²) in [6, 6.07) is 3.35. The number of unbranched alkanes of at least 4 members (excludes halogenated alkanes) is 1. The van der Waals surface area contributed by atoms with Crippen LogP contribution in [0.3, 0.4) is 0 Å². The van der Waals surface area contributed by atoms with Gasteiger partial charge in [0.25, 0.3) is 0 Å². The predicted octanol–water partition coefficient (Wildman–Crippen LogP) is 2.54. The summed E-state index contributed by atoms with van der Waals surface area (Å²) in [6.45, 7) is 2.66. The largest absolute Gasteiger partial charge is 0.437 e. The molecule has 0 bridgehead atoms. The molecule has 3 heterocycles. The van der Waals surface area contributed by atoms with Crippen molar-refractivity contribution in [2.75, 3.05) is 13.1 Å². The summed E-state index contributed by atoms with van der Waals surface area (Å²) < 4.78 is 5.81. The van der Waals surface area contributed by atoms with E-state index in [0.29, 0.717) is 41.6 Å². The Labute approximate surface area is 151 Å². The molecule has 2 amide bonds. The van der Waals surface area contributed by atoms with Crippen molar-refractivity contribution in [3.05, 3.63) is 24.2 Å². The van der Waals surface area contributed by atoms with Crippen LogP contribution in [-0.2, 0) is 9.59 Å². The van der Waals surface area contributed by atoms with Crippen LogP contribution in [0.4, 0.5) is 0 Å². The van der Waals surface area contributed by atoms with E-state index in [0.717, 1.165) is 25.7 Å². The highest BCUT2D eigenvalue weighted by atomic mass is 16.5. The highest BCUT2D eigenvalue weighted by Crippen LogP contribution is 2.34. The van der Waals surface area contributed by atoms with Crippen LogP contribution in [0.5, 0.6) is 0 Å². The Bertz CT molecular complexity index is 729. The van der Waals surface area contributed by atoms with Crippen molar-refractivity contribution in [1.82, 2.24) is 19.9 Å². The van der Waals surface area contributed by atoms with Crippen LogP contribution >= 0.6 is 0 Å². The third-order valence-corrected chi connectivity index (χ3v) is 4.79. The molecule has 2 atom stereocenters. The molecule has 0 radical (unpaired) electrons. The van der Waals surface area contributed by atoms with E-state index in [1.54, 1.807) is 23.2 Å². The minimum absolute atomic E-state index is 0.000662. The highest BCUT2D eigenvalue weighted by molar-refractivity contribution is 5.80. The molecule has 8 nitrogen and oxygen atoms in total. The van der Waals surface area contributed by atoms with Gasteiger partial charge in [-0.1, -0.05) is 19.8 Å². The van der Waals surface area contributed by atoms with E-state index in [4.69, 9.17) is 4.42 Å². The summed E-state index contributed by atoms with van der Waals surface area (Å²) in [5.74, 6) is -0.0136. The van der Waals surface area contributed by atoms with Gasteiger partial charge in [-0.05, 0) is 31.4 Å². The number of fused-ring (bicyclic) bond motifs is 1. The first kappa shape index (κ1) is 18.3. The number of oxazole rings is 1. The molecule has 1 aliphatic rings. The van der Waals surface area contributed by atoms with Crippen molar-refractivity contribution in [3.63, 3.8) is 0 Å². The van der Waals surface area contributed by atoms with E-state index in [-0.39, 0.29) is 18.5 Å². The Morgan fingerprint density at radius 3 is 3.15 bits per heavy atom. The summed E-state index contributed by atoms with van der Waals surface area (Å²) in [6.07, 6.45) is 6.04. The maximum atomic E-state index is 13.1. The number of hydrogen-bond acceptors (Lipinski definition) is 6. The Kier molecular flexibility index (Phi) is 5.82. The number of amides is 2. The summed E-state index contributed by atoms with van der Waals surface area (Å²) in [5, 5.41) is 10.1. The van der Waals surface area contributed by atoms with E-state index in [1.807, 2.05) is 6.92 Å². The van der Waals surface area contributed by atoms with Gasteiger partial charge >= 0.3 is 0 Å². The van der Waals surface area contributed by atoms with Crippen LogP contribution < -0.4 is 0 Å². The zero-order chi connectivity index (χ0) is 18.5. The Balaban J connectivity index is 1.80. The molecule has 0 spiro atoms. The molecule has 0 aliphatic carbocycles. The number of hydroxylamine groups is 2. The topological polar surface area (TPSA) is 99.8 Å². The quantitative estimate of drug-likeness (QED) is 0.441. The van der Waals surface area contributed by atoms with Gasteiger partial charge in [0.1, 0.15) is 6.04 Å². The number of aromatic nitrogens is 2. The molecular weight excluding hydrogens is 336 g/mol. The van der Waals surface area contributed by atoms with Crippen molar-refractivity contribution < 1.29 is 19.2 Å². The average Bonchev–Trinajstić information content (AvgIpc) is 3.30. The second-order valence-electron chi connectivity index (χ2n) is 6.63. The predicted molar refractivity (Wildman–Crippen MR) is 93.1 cm³/mol. The summed E-state index contributed by atoms with van der Waals surface area (Å²) in [5.41, 5.74) is 1.14. The molecule has 2 aromatic heterocycles. The Morgan fingerprint density at radius 2 is 2.42 bits per heavy atom. The lowest BCUT2D eigenvalue weighted by Gasteiger charge is -2.28. The van der Waals surface area contributed by atoms with Crippen molar-refractivity contribution in [2.45, 2.75) is 45.1 Å². The molecule has 1 aliphatic heterocycles. The van der Waals surface area contributed by atoms with Gasteiger partial charge in [0, 0.05) is 12.7 Å². The van der Waals surface area contributed by atoms with Crippen molar-refractivity contribution in [2.24, 2.45) is 5.92 Å². The normalized spacial score (nSPS) is 18.2. The fraction of sp³-hybridized carbons (Fsp3) is 0.556. The van der Waals surface area contributed by atoms with E-state index < -0.39 is 5.92 Å². The van der Waals surface area contributed by atoms with Gasteiger partial charge in [-0.15, -0.1) is 0 Å². The summed E-state index contributed by atoms with van der Waals surface area (Å²) >= 11 is 0. The smallest absolute Gasteiger partial charge is 0.233 e. The minimum atomic E-state index is -0.437. The number of nitrogens with zero attached hydrogens (tertiary/aromatic N) is 4. The van der Waals surface area contributed by atoms with Crippen LogP contribution in [0.2, 0.25) is 0 Å². The van der Waals surface area contributed by atoms with Crippen LogP contribution in [0.15, 0.2) is 22.7 Å². The summed E-state index contributed by atoms with van der Waals surface area (Å²) in [7, 11) is 0. The van der Waals surface area contributed by atoms with Crippen LogP contribution in [-0.4, -0.2) is 50.5 Å². The average molecular weight is 360 g/mol. The number of likely N-dealkylation sites (tertiary alicyclic amines) is 1. The van der Waals surface area contributed by atoms with Gasteiger partial charge in [-0.3, -0.25) is 14.8 Å². The van der Waals surface area contributed by atoms with Gasteiger partial charge in [0.05, 0.1) is 12.5 Å². The van der Waals surface area contributed by atoms with Crippen molar-refractivity contribution in [3.8, 4) is 0 Å². The molecule has 1 saturated heterocycles. The van der Waals surface area contributed by atoms with Crippen LogP contribution in [0.1, 0.15) is 51.0 Å². The van der Waals surface area contributed by atoms with Crippen LogP contribution in [0.25, 0.3) is 11.2 Å². The number of carbonyl (C=O) groups excluding carboxylic acids is 2. The molecule has 0 saturated carbocycles. The number of pyridine rings is 1. The fourth-order valence-electron chi connectivity index (χ4n) is 3.46. The van der Waals surface area contributed by atoms with E-state index in [9.17, 15) is 14.8 Å². The number of carbonyl (C=O) groups is 2. The zero-order valence-corrected chi connectivity index (χ0v) is 14.9. The molecule has 0 aromatic carbocycles. The molecule has 3 rings (SSSR count). The molecular formula is C18H24N4O4. The fourth-order valence-corrected chi connectivity index (χ4v) is 3.46. The molecule has 1 N–H and O–H groups in total. The molecule has 8 heteroatoms. The maximum absolute atomic E-state index is 13.1. The first-order valence-corrected chi connectivity index (χ1v) is 9.06. The number of hydrogen-bond donors (Lipinski definition) is 1. The molecule has 2 aromatic rings. The van der Waals surface area contributed by atoms with Gasteiger partial charge in [-0.2, -0.15) is 4.98 Å². The van der Waals surface area contributed by atoms with E-state index in [1.165, 1.54) is 0 Å². The lowest BCUT2D eigenvalue weighted by molar-refractivity contribution is -0.157. The van der Waals surface area contributed by atoms with E-state index >= 15 is 0 Å². The van der Waals surface area contributed by atoms with Crippen molar-refractivity contribution in [1.29, 1.82) is 0 Å². The Hall–Kier alpha value is -2.48. The van der Waals surface area contributed by atoms with Crippen molar-refractivity contribution >= 4 is 23.5 Å². The van der Waals surface area contributed by atoms with Gasteiger partial charge in [0.15, 0.2) is 11.2 Å². The third kappa shape index (κ3) is 3.85. The first-order chi connectivity index (χ1) is 12.6. The summed E-state index contributed by atoms with van der Waals surface area (Å²) in [4.78, 5) is 34.2.